The van der Waals surface area contributed by atoms with Crippen molar-refractivity contribution in [2.75, 3.05) is 20.0 Å². The lowest BCUT2D eigenvalue weighted by Gasteiger charge is -2.23. The molecule has 0 fully saturated rings. The van der Waals surface area contributed by atoms with Crippen molar-refractivity contribution in [3.63, 3.8) is 0 Å². The van der Waals surface area contributed by atoms with Crippen LogP contribution in [-0.4, -0.2) is 30.9 Å². The van der Waals surface area contributed by atoms with Gasteiger partial charge in [0, 0.05) is 11.9 Å². The molecule has 0 aromatic carbocycles. The van der Waals surface area contributed by atoms with Crippen LogP contribution in [0.4, 0.5) is 0 Å². The Morgan fingerprint density at radius 3 is 1.90 bits per heavy atom. The molecule has 2 heteroatoms. The van der Waals surface area contributed by atoms with Gasteiger partial charge < -0.3 is 4.90 Å². The first kappa shape index (κ1) is 10.2. The highest BCUT2D eigenvalue weighted by molar-refractivity contribution is 6.18. The van der Waals surface area contributed by atoms with Crippen molar-refractivity contribution < 1.29 is 0 Å². The van der Waals surface area contributed by atoms with E-state index >= 15 is 0 Å². The molecule has 0 aliphatic heterocycles. The molecule has 0 aromatic heterocycles. The van der Waals surface area contributed by atoms with Crippen LogP contribution in [0.1, 0.15) is 20.3 Å². The van der Waals surface area contributed by atoms with Crippen molar-refractivity contribution in [3.05, 3.63) is 0 Å². The fourth-order valence-electron chi connectivity index (χ4n) is 0.956. The fourth-order valence-corrected chi connectivity index (χ4v) is 1.36. The van der Waals surface area contributed by atoms with Gasteiger partial charge in [-0.25, -0.2) is 0 Å². The van der Waals surface area contributed by atoms with E-state index < -0.39 is 0 Å². The Morgan fingerprint density at radius 1 is 1.30 bits per heavy atom. The van der Waals surface area contributed by atoms with Gasteiger partial charge >= 0.3 is 0 Å². The maximum atomic E-state index is 5.76. The van der Waals surface area contributed by atoms with Crippen LogP contribution in [0.3, 0.4) is 0 Å². The molecule has 62 valence electrons. The summed E-state index contributed by atoms with van der Waals surface area (Å²) in [6.07, 6.45) is 1.19. The van der Waals surface area contributed by atoms with Crippen LogP contribution in [0, 0.1) is 5.92 Å². The predicted molar refractivity (Wildman–Crippen MR) is 47.7 cm³/mol. The number of halogens is 1. The Hall–Kier alpha value is 0.250. The molecule has 1 nitrogen and oxygen atoms in total. The lowest BCUT2D eigenvalue weighted by molar-refractivity contribution is 0.277. The molecule has 0 amide bonds. The number of rotatable bonds is 4. The zero-order valence-corrected chi connectivity index (χ0v) is 8.15. The first-order valence-corrected chi connectivity index (χ1v) is 4.33. The fraction of sp³-hybridized carbons (Fsp3) is 1.00. The zero-order valence-electron chi connectivity index (χ0n) is 7.39. The van der Waals surface area contributed by atoms with E-state index in [1.165, 1.54) is 6.42 Å². The number of hydrogen-bond donors (Lipinski definition) is 0. The molecule has 0 aliphatic rings. The minimum absolute atomic E-state index is 0.543. The summed E-state index contributed by atoms with van der Waals surface area (Å²) in [5, 5.41) is 0. The van der Waals surface area contributed by atoms with Crippen molar-refractivity contribution in [1.29, 1.82) is 0 Å². The molecule has 1 unspecified atom stereocenters. The molecule has 0 saturated heterocycles. The summed E-state index contributed by atoms with van der Waals surface area (Å²) in [6, 6.07) is 0.543. The zero-order chi connectivity index (χ0) is 8.15. The molecule has 0 aliphatic carbocycles. The summed E-state index contributed by atoms with van der Waals surface area (Å²) in [4.78, 5) is 2.19. The normalized spacial score (nSPS) is 14.7. The van der Waals surface area contributed by atoms with Crippen molar-refractivity contribution in [2.45, 2.75) is 26.3 Å². The number of hydrogen-bond acceptors (Lipinski definition) is 1. The highest BCUT2D eigenvalue weighted by atomic mass is 35.5. The Morgan fingerprint density at radius 2 is 1.80 bits per heavy atom. The summed E-state index contributed by atoms with van der Waals surface area (Å²) in [7, 11) is 4.16. The standard InChI is InChI=1S/C8H18ClN/c1-7(2)5-8(6-9)10(3)4/h7-8H,5-6H2,1-4H3. The molecule has 1 atom stereocenters. The van der Waals surface area contributed by atoms with Crippen LogP contribution >= 0.6 is 11.6 Å². The van der Waals surface area contributed by atoms with Gasteiger partial charge in [-0.2, -0.15) is 0 Å². The summed E-state index contributed by atoms with van der Waals surface area (Å²) in [5.74, 6) is 1.48. The highest BCUT2D eigenvalue weighted by Gasteiger charge is 2.10. The van der Waals surface area contributed by atoms with Gasteiger partial charge in [0.25, 0.3) is 0 Å². The van der Waals surface area contributed by atoms with Gasteiger partial charge in [0.05, 0.1) is 0 Å². The Kier molecular flexibility index (Phi) is 5.10. The molecule has 0 bridgehead atoms. The van der Waals surface area contributed by atoms with Crippen LogP contribution in [-0.2, 0) is 0 Å². The van der Waals surface area contributed by atoms with Crippen molar-refractivity contribution in [3.8, 4) is 0 Å². The maximum Gasteiger partial charge on any atom is 0.0379 e. The van der Waals surface area contributed by atoms with Crippen molar-refractivity contribution >= 4 is 11.6 Å². The summed E-state index contributed by atoms with van der Waals surface area (Å²) in [5.41, 5.74) is 0. The van der Waals surface area contributed by atoms with E-state index in [0.29, 0.717) is 6.04 Å². The third-order valence-electron chi connectivity index (χ3n) is 1.65. The quantitative estimate of drug-likeness (QED) is 0.575. The molecule has 0 N–H and O–H groups in total. The average molecular weight is 164 g/mol. The molecule has 10 heavy (non-hydrogen) atoms. The molecule has 0 spiro atoms. The monoisotopic (exact) mass is 163 g/mol. The van der Waals surface area contributed by atoms with E-state index in [9.17, 15) is 0 Å². The first-order valence-electron chi connectivity index (χ1n) is 3.80. The van der Waals surface area contributed by atoms with E-state index in [0.717, 1.165) is 11.8 Å². The van der Waals surface area contributed by atoms with E-state index in [1.54, 1.807) is 0 Å². The summed E-state index contributed by atoms with van der Waals surface area (Å²) < 4.78 is 0. The van der Waals surface area contributed by atoms with Crippen LogP contribution in [0.5, 0.6) is 0 Å². The average Bonchev–Trinajstić information content (AvgIpc) is 1.81. The van der Waals surface area contributed by atoms with E-state index in [4.69, 9.17) is 11.6 Å². The second kappa shape index (κ2) is 4.97. The Labute approximate surface area is 69.4 Å². The van der Waals surface area contributed by atoms with Gasteiger partial charge in [0.15, 0.2) is 0 Å². The van der Waals surface area contributed by atoms with Gasteiger partial charge in [-0.3, -0.25) is 0 Å². The lowest BCUT2D eigenvalue weighted by Crippen LogP contribution is -2.30. The minimum Gasteiger partial charge on any atom is -0.305 e. The minimum atomic E-state index is 0.543. The number of nitrogens with zero attached hydrogens (tertiary/aromatic N) is 1. The van der Waals surface area contributed by atoms with Gasteiger partial charge in [-0.05, 0) is 26.4 Å². The largest absolute Gasteiger partial charge is 0.305 e. The molecule has 0 rings (SSSR count). The third-order valence-corrected chi connectivity index (χ3v) is 2.01. The van der Waals surface area contributed by atoms with E-state index in [2.05, 4.69) is 32.8 Å². The topological polar surface area (TPSA) is 3.24 Å². The van der Waals surface area contributed by atoms with Gasteiger partial charge in [-0.1, -0.05) is 13.8 Å². The summed E-state index contributed by atoms with van der Waals surface area (Å²) >= 11 is 5.76. The van der Waals surface area contributed by atoms with Crippen molar-refractivity contribution in [1.82, 2.24) is 4.90 Å². The molecular weight excluding hydrogens is 146 g/mol. The van der Waals surface area contributed by atoms with Crippen LogP contribution in [0.2, 0.25) is 0 Å². The summed E-state index contributed by atoms with van der Waals surface area (Å²) in [6.45, 7) is 4.45. The Bertz CT molecular complexity index is 81.3. The van der Waals surface area contributed by atoms with Gasteiger partial charge in [0.1, 0.15) is 0 Å². The molecule has 0 aromatic rings. The number of alkyl halides is 1. The smallest absolute Gasteiger partial charge is 0.0379 e. The molecule has 0 radical (unpaired) electrons. The Balaban J connectivity index is 3.60. The van der Waals surface area contributed by atoms with Crippen molar-refractivity contribution in [2.24, 2.45) is 5.92 Å². The first-order chi connectivity index (χ1) is 4.57. The van der Waals surface area contributed by atoms with Gasteiger partial charge in [0.2, 0.25) is 0 Å². The van der Waals surface area contributed by atoms with E-state index in [1.807, 2.05) is 0 Å². The lowest BCUT2D eigenvalue weighted by atomic mass is 10.0. The third kappa shape index (κ3) is 4.13. The molecule has 0 heterocycles. The maximum absolute atomic E-state index is 5.76. The van der Waals surface area contributed by atoms with E-state index in [-0.39, 0.29) is 0 Å². The second-order valence-corrected chi connectivity index (χ2v) is 3.71. The molecular formula is C8H18ClN. The predicted octanol–water partition coefficient (Wildman–Crippen LogP) is 2.20. The van der Waals surface area contributed by atoms with Gasteiger partial charge in [-0.15, -0.1) is 11.6 Å². The second-order valence-electron chi connectivity index (χ2n) is 3.40. The van der Waals surface area contributed by atoms with Crippen LogP contribution < -0.4 is 0 Å². The highest BCUT2D eigenvalue weighted by Crippen LogP contribution is 2.09. The molecule has 0 saturated carbocycles. The SMILES string of the molecule is CC(C)CC(CCl)N(C)C. The van der Waals surface area contributed by atoms with Crippen LogP contribution in [0.15, 0.2) is 0 Å². The van der Waals surface area contributed by atoms with Crippen LogP contribution in [0.25, 0.3) is 0 Å².